The molecule has 1 aromatic carbocycles. The molecule has 0 aliphatic rings. The van der Waals surface area contributed by atoms with Crippen LogP contribution in [0.25, 0.3) is 0 Å². The van der Waals surface area contributed by atoms with E-state index in [1.165, 1.54) is 25.3 Å². The fourth-order valence-corrected chi connectivity index (χ4v) is 1.62. The van der Waals surface area contributed by atoms with Crippen LogP contribution in [0.1, 0.15) is 30.6 Å². The number of benzene rings is 1. The number of rotatable bonds is 5. The van der Waals surface area contributed by atoms with Gasteiger partial charge < -0.3 is 20.1 Å². The van der Waals surface area contributed by atoms with Crippen LogP contribution in [0.4, 0.5) is 10.5 Å². The molecule has 0 saturated heterocycles. The normalized spacial score (nSPS) is 11.6. The maximum Gasteiger partial charge on any atom is 0.335 e. The molecule has 0 bridgehead atoms. The Labute approximate surface area is 118 Å². The van der Waals surface area contributed by atoms with Crippen molar-refractivity contribution in [3.63, 3.8) is 0 Å². The first-order valence-electron chi connectivity index (χ1n) is 6.35. The second kappa shape index (κ2) is 6.79. The first-order valence-corrected chi connectivity index (χ1v) is 6.35. The Morgan fingerprint density at radius 1 is 1.45 bits per heavy atom. The van der Waals surface area contributed by atoms with E-state index in [2.05, 4.69) is 5.32 Å². The van der Waals surface area contributed by atoms with Gasteiger partial charge in [0.25, 0.3) is 0 Å². The molecule has 2 N–H and O–H groups in total. The average molecular weight is 280 g/mol. The van der Waals surface area contributed by atoms with E-state index in [1.807, 2.05) is 13.8 Å². The minimum atomic E-state index is -1.06. The topological polar surface area (TPSA) is 78.9 Å². The van der Waals surface area contributed by atoms with Crippen LogP contribution in [0.2, 0.25) is 0 Å². The van der Waals surface area contributed by atoms with Crippen molar-refractivity contribution in [3.8, 4) is 5.75 Å². The number of aromatic carboxylic acids is 1. The number of hydrogen-bond donors (Lipinski definition) is 2. The van der Waals surface area contributed by atoms with E-state index in [-0.39, 0.29) is 17.6 Å². The van der Waals surface area contributed by atoms with Crippen LogP contribution >= 0.6 is 0 Å². The number of carbonyl (C=O) groups is 2. The van der Waals surface area contributed by atoms with Crippen molar-refractivity contribution in [1.29, 1.82) is 0 Å². The van der Waals surface area contributed by atoms with E-state index in [0.29, 0.717) is 11.4 Å². The molecule has 2 amide bonds. The van der Waals surface area contributed by atoms with Gasteiger partial charge in [-0.05, 0) is 31.5 Å². The molecule has 0 radical (unpaired) electrons. The zero-order valence-corrected chi connectivity index (χ0v) is 12.1. The first-order chi connectivity index (χ1) is 9.40. The van der Waals surface area contributed by atoms with Crippen LogP contribution in [0, 0.1) is 0 Å². The van der Waals surface area contributed by atoms with Crippen LogP contribution in [0.15, 0.2) is 18.2 Å². The highest BCUT2D eigenvalue weighted by atomic mass is 16.5. The van der Waals surface area contributed by atoms with Crippen LogP contribution < -0.4 is 10.1 Å². The number of hydrogen-bond acceptors (Lipinski definition) is 3. The Balaban J connectivity index is 2.98. The summed E-state index contributed by atoms with van der Waals surface area (Å²) in [5.74, 6) is -0.640. The van der Waals surface area contributed by atoms with Crippen LogP contribution in [-0.4, -0.2) is 42.2 Å². The van der Waals surface area contributed by atoms with Gasteiger partial charge >= 0.3 is 12.0 Å². The molecule has 1 rings (SSSR count). The number of urea groups is 1. The number of carboxylic acids is 1. The van der Waals surface area contributed by atoms with Gasteiger partial charge in [-0.2, -0.15) is 0 Å². The summed E-state index contributed by atoms with van der Waals surface area (Å²) in [5.41, 5.74) is 0.430. The van der Waals surface area contributed by atoms with Crippen LogP contribution in [-0.2, 0) is 0 Å². The van der Waals surface area contributed by atoms with Gasteiger partial charge in [-0.1, -0.05) is 6.92 Å². The van der Waals surface area contributed by atoms with Crippen LogP contribution in [0.5, 0.6) is 5.75 Å². The highest BCUT2D eigenvalue weighted by Gasteiger charge is 2.17. The van der Waals surface area contributed by atoms with Gasteiger partial charge in [0.15, 0.2) is 0 Å². The van der Waals surface area contributed by atoms with Crippen molar-refractivity contribution < 1.29 is 19.4 Å². The van der Waals surface area contributed by atoms with Gasteiger partial charge in [-0.3, -0.25) is 0 Å². The van der Waals surface area contributed by atoms with E-state index >= 15 is 0 Å². The zero-order valence-electron chi connectivity index (χ0n) is 12.1. The van der Waals surface area contributed by atoms with Crippen molar-refractivity contribution in [3.05, 3.63) is 23.8 Å². The molecule has 0 aliphatic heterocycles. The number of carbonyl (C=O) groups excluding carboxylic acids is 1. The number of methoxy groups -OCH3 is 1. The summed E-state index contributed by atoms with van der Waals surface area (Å²) in [4.78, 5) is 24.6. The third-order valence-corrected chi connectivity index (χ3v) is 3.26. The first kappa shape index (κ1) is 15.8. The predicted octanol–water partition coefficient (Wildman–Crippen LogP) is 2.66. The molecule has 20 heavy (non-hydrogen) atoms. The number of nitrogens with one attached hydrogen (secondary N) is 1. The predicted molar refractivity (Wildman–Crippen MR) is 76.5 cm³/mol. The molecular formula is C14H20N2O4. The highest BCUT2D eigenvalue weighted by molar-refractivity contribution is 5.94. The van der Waals surface area contributed by atoms with Crippen molar-refractivity contribution in [2.45, 2.75) is 26.3 Å². The monoisotopic (exact) mass is 280 g/mol. The molecule has 1 atom stereocenters. The van der Waals surface area contributed by atoms with Crippen molar-refractivity contribution in [2.75, 3.05) is 19.5 Å². The molecule has 110 valence electrons. The summed E-state index contributed by atoms with van der Waals surface area (Å²) in [6, 6.07) is 4.10. The molecule has 0 spiro atoms. The number of anilines is 1. The Bertz CT molecular complexity index is 502. The second-order valence-electron chi connectivity index (χ2n) is 4.52. The summed E-state index contributed by atoms with van der Waals surface area (Å²) in [6.45, 7) is 3.92. The Hall–Kier alpha value is -2.24. The zero-order chi connectivity index (χ0) is 15.3. The lowest BCUT2D eigenvalue weighted by Gasteiger charge is -2.24. The van der Waals surface area contributed by atoms with Crippen molar-refractivity contribution >= 4 is 17.7 Å². The molecule has 1 unspecified atom stereocenters. The highest BCUT2D eigenvalue weighted by Crippen LogP contribution is 2.26. The third kappa shape index (κ3) is 3.63. The molecular weight excluding hydrogens is 260 g/mol. The minimum absolute atomic E-state index is 0.0867. The minimum Gasteiger partial charge on any atom is -0.495 e. The molecule has 1 aromatic rings. The molecule has 0 aromatic heterocycles. The van der Waals surface area contributed by atoms with E-state index < -0.39 is 5.97 Å². The Morgan fingerprint density at radius 3 is 2.60 bits per heavy atom. The molecule has 6 heteroatoms. The maximum absolute atomic E-state index is 12.1. The van der Waals surface area contributed by atoms with Crippen molar-refractivity contribution in [1.82, 2.24) is 4.90 Å². The fourth-order valence-electron chi connectivity index (χ4n) is 1.62. The van der Waals surface area contributed by atoms with Gasteiger partial charge in [0.1, 0.15) is 5.75 Å². The lowest BCUT2D eigenvalue weighted by molar-refractivity contribution is 0.0697. The number of amides is 2. The molecule has 0 aliphatic carbocycles. The van der Waals surface area contributed by atoms with Gasteiger partial charge in [0.05, 0.1) is 18.4 Å². The summed E-state index contributed by atoms with van der Waals surface area (Å²) < 4.78 is 5.12. The van der Waals surface area contributed by atoms with Gasteiger partial charge in [0.2, 0.25) is 0 Å². The average Bonchev–Trinajstić information content (AvgIpc) is 2.45. The van der Waals surface area contributed by atoms with Gasteiger partial charge in [-0.15, -0.1) is 0 Å². The number of ether oxygens (including phenoxy) is 1. The second-order valence-corrected chi connectivity index (χ2v) is 4.52. The molecule has 0 saturated carbocycles. The van der Waals surface area contributed by atoms with Gasteiger partial charge in [0, 0.05) is 13.1 Å². The summed E-state index contributed by atoms with van der Waals surface area (Å²) >= 11 is 0. The lowest BCUT2D eigenvalue weighted by Crippen LogP contribution is -2.37. The van der Waals surface area contributed by atoms with E-state index in [1.54, 1.807) is 11.9 Å². The standard InChI is InChI=1S/C14H20N2O4/c1-5-9(2)16(3)14(19)15-11-8-10(13(17)18)6-7-12(11)20-4/h6-9H,5H2,1-4H3,(H,15,19)(H,17,18). The van der Waals surface area contributed by atoms with Gasteiger partial charge in [-0.25, -0.2) is 9.59 Å². The Kier molecular flexibility index (Phi) is 5.37. The summed E-state index contributed by atoms with van der Waals surface area (Å²) in [6.07, 6.45) is 0.830. The van der Waals surface area contributed by atoms with Crippen molar-refractivity contribution in [2.24, 2.45) is 0 Å². The smallest absolute Gasteiger partial charge is 0.335 e. The Morgan fingerprint density at radius 2 is 2.10 bits per heavy atom. The SMILES string of the molecule is CCC(C)N(C)C(=O)Nc1cc(C(=O)O)ccc1OC. The fraction of sp³-hybridized carbons (Fsp3) is 0.429. The quantitative estimate of drug-likeness (QED) is 0.869. The molecule has 0 fully saturated rings. The van der Waals surface area contributed by atoms with E-state index in [9.17, 15) is 9.59 Å². The largest absolute Gasteiger partial charge is 0.495 e. The van der Waals surface area contributed by atoms with E-state index in [4.69, 9.17) is 9.84 Å². The van der Waals surface area contributed by atoms with E-state index in [0.717, 1.165) is 6.42 Å². The summed E-state index contributed by atoms with van der Waals surface area (Å²) in [5, 5.41) is 11.6. The number of nitrogens with zero attached hydrogens (tertiary/aromatic N) is 1. The van der Waals surface area contributed by atoms with Crippen LogP contribution in [0.3, 0.4) is 0 Å². The number of carboxylic acid groups (broad SMARTS) is 1. The lowest BCUT2D eigenvalue weighted by atomic mass is 10.2. The third-order valence-electron chi connectivity index (χ3n) is 3.26. The summed E-state index contributed by atoms with van der Waals surface area (Å²) in [7, 11) is 3.15. The molecule has 0 heterocycles. The maximum atomic E-state index is 12.1. The molecule has 6 nitrogen and oxygen atoms in total.